The molecule has 1 fully saturated rings. The standard InChI is InChI=1S/C19H30N2O2/c1-13-6-7-16(19(3,4)5)17(12-13)23-14(2)18(22)21-10-8-15(20)9-11-21/h6-7,12,14-15H,8-11,20H2,1-5H3. The van der Waals surface area contributed by atoms with Gasteiger partial charge < -0.3 is 15.4 Å². The third-order valence-corrected chi connectivity index (χ3v) is 4.45. The number of hydrogen-bond acceptors (Lipinski definition) is 3. The second-order valence-corrected chi connectivity index (χ2v) is 7.67. The molecule has 0 bridgehead atoms. The van der Waals surface area contributed by atoms with E-state index in [-0.39, 0.29) is 17.4 Å². The SMILES string of the molecule is Cc1ccc(C(C)(C)C)c(OC(C)C(=O)N2CCC(N)CC2)c1. The average molecular weight is 318 g/mol. The van der Waals surface area contributed by atoms with Crippen LogP contribution in [0.15, 0.2) is 18.2 Å². The van der Waals surface area contributed by atoms with Gasteiger partial charge in [0.2, 0.25) is 0 Å². The number of nitrogens with zero attached hydrogens (tertiary/aromatic N) is 1. The molecule has 4 heteroatoms. The number of carbonyl (C=O) groups excluding carboxylic acids is 1. The summed E-state index contributed by atoms with van der Waals surface area (Å²) in [6.45, 7) is 11.8. The van der Waals surface area contributed by atoms with Crippen LogP contribution in [-0.4, -0.2) is 36.0 Å². The minimum absolute atomic E-state index is 0.0241. The van der Waals surface area contributed by atoms with Crippen LogP contribution < -0.4 is 10.5 Å². The van der Waals surface area contributed by atoms with E-state index in [4.69, 9.17) is 10.5 Å². The number of piperidine rings is 1. The van der Waals surface area contributed by atoms with Crippen LogP contribution in [0.5, 0.6) is 5.75 Å². The van der Waals surface area contributed by atoms with E-state index >= 15 is 0 Å². The van der Waals surface area contributed by atoms with Gasteiger partial charge in [-0.05, 0) is 49.3 Å². The predicted molar refractivity (Wildman–Crippen MR) is 93.8 cm³/mol. The number of amides is 1. The van der Waals surface area contributed by atoms with Gasteiger partial charge in [-0.1, -0.05) is 32.9 Å². The third kappa shape index (κ3) is 4.47. The Hall–Kier alpha value is -1.55. The van der Waals surface area contributed by atoms with E-state index < -0.39 is 6.10 Å². The van der Waals surface area contributed by atoms with E-state index in [2.05, 4.69) is 32.9 Å². The number of rotatable bonds is 3. The maximum Gasteiger partial charge on any atom is 0.263 e. The van der Waals surface area contributed by atoms with Gasteiger partial charge >= 0.3 is 0 Å². The summed E-state index contributed by atoms with van der Waals surface area (Å²) in [5, 5.41) is 0. The van der Waals surface area contributed by atoms with E-state index in [1.54, 1.807) is 0 Å². The van der Waals surface area contributed by atoms with Gasteiger partial charge in [-0.15, -0.1) is 0 Å². The van der Waals surface area contributed by atoms with Crippen molar-refractivity contribution in [2.24, 2.45) is 5.73 Å². The number of ether oxygens (including phenoxy) is 1. The van der Waals surface area contributed by atoms with Crippen LogP contribution in [0.2, 0.25) is 0 Å². The first-order valence-electron chi connectivity index (χ1n) is 8.50. The number of nitrogens with two attached hydrogens (primary N) is 1. The number of carbonyl (C=O) groups is 1. The summed E-state index contributed by atoms with van der Waals surface area (Å²) in [7, 11) is 0. The normalized spacial score (nSPS) is 17.9. The molecule has 0 spiro atoms. The van der Waals surface area contributed by atoms with Crippen molar-refractivity contribution in [1.29, 1.82) is 0 Å². The monoisotopic (exact) mass is 318 g/mol. The highest BCUT2D eigenvalue weighted by atomic mass is 16.5. The zero-order valence-electron chi connectivity index (χ0n) is 15.1. The van der Waals surface area contributed by atoms with Crippen LogP contribution in [0.25, 0.3) is 0 Å². The van der Waals surface area contributed by atoms with Crippen LogP contribution in [0.1, 0.15) is 51.7 Å². The van der Waals surface area contributed by atoms with Crippen LogP contribution in [0, 0.1) is 6.92 Å². The molecule has 1 amide bonds. The Bertz CT molecular complexity index is 555. The molecule has 1 aliphatic rings. The fraction of sp³-hybridized carbons (Fsp3) is 0.632. The summed E-state index contributed by atoms with van der Waals surface area (Å²) >= 11 is 0. The first-order chi connectivity index (χ1) is 10.7. The van der Waals surface area contributed by atoms with Crippen molar-refractivity contribution >= 4 is 5.91 Å². The van der Waals surface area contributed by atoms with Crippen LogP contribution >= 0.6 is 0 Å². The lowest BCUT2D eigenvalue weighted by Crippen LogP contribution is -2.47. The van der Waals surface area contributed by atoms with Crippen molar-refractivity contribution < 1.29 is 9.53 Å². The van der Waals surface area contributed by atoms with Crippen molar-refractivity contribution in [2.45, 2.75) is 65.0 Å². The summed E-state index contributed by atoms with van der Waals surface area (Å²) in [5.74, 6) is 0.866. The summed E-state index contributed by atoms with van der Waals surface area (Å²) in [6.07, 6.45) is 1.26. The Morgan fingerprint density at radius 1 is 1.30 bits per heavy atom. The Kier molecular flexibility index (Phi) is 5.35. The van der Waals surface area contributed by atoms with Crippen LogP contribution in [0.3, 0.4) is 0 Å². The van der Waals surface area contributed by atoms with E-state index in [1.165, 1.54) is 0 Å². The highest BCUT2D eigenvalue weighted by molar-refractivity contribution is 5.81. The molecule has 1 aliphatic heterocycles. The molecule has 0 radical (unpaired) electrons. The summed E-state index contributed by atoms with van der Waals surface area (Å²) in [5.41, 5.74) is 8.15. The first kappa shape index (κ1) is 17.8. The molecule has 1 aromatic rings. The molecule has 0 aliphatic carbocycles. The van der Waals surface area contributed by atoms with E-state index in [1.807, 2.05) is 24.8 Å². The Morgan fingerprint density at radius 2 is 1.91 bits per heavy atom. The molecule has 1 heterocycles. The van der Waals surface area contributed by atoms with Gasteiger partial charge in [0, 0.05) is 19.1 Å². The largest absolute Gasteiger partial charge is 0.481 e. The smallest absolute Gasteiger partial charge is 0.263 e. The van der Waals surface area contributed by atoms with Crippen molar-refractivity contribution in [3.05, 3.63) is 29.3 Å². The molecular formula is C19H30N2O2. The zero-order valence-corrected chi connectivity index (χ0v) is 15.1. The molecule has 1 atom stereocenters. The predicted octanol–water partition coefficient (Wildman–Crippen LogP) is 3.01. The number of hydrogen-bond donors (Lipinski definition) is 1. The fourth-order valence-electron chi connectivity index (χ4n) is 2.96. The minimum atomic E-state index is -0.479. The van der Waals surface area contributed by atoms with Gasteiger partial charge in [-0.2, -0.15) is 0 Å². The molecular weight excluding hydrogens is 288 g/mol. The number of aryl methyl sites for hydroxylation is 1. The molecule has 23 heavy (non-hydrogen) atoms. The van der Waals surface area contributed by atoms with Crippen molar-refractivity contribution in [3.63, 3.8) is 0 Å². The second-order valence-electron chi connectivity index (χ2n) is 7.67. The quantitative estimate of drug-likeness (QED) is 0.932. The summed E-state index contributed by atoms with van der Waals surface area (Å²) < 4.78 is 6.07. The number of benzene rings is 1. The van der Waals surface area contributed by atoms with Crippen LogP contribution in [-0.2, 0) is 10.2 Å². The van der Waals surface area contributed by atoms with Crippen LogP contribution in [0.4, 0.5) is 0 Å². The molecule has 1 unspecified atom stereocenters. The molecule has 2 N–H and O–H groups in total. The maximum atomic E-state index is 12.6. The Morgan fingerprint density at radius 3 is 2.48 bits per heavy atom. The first-order valence-corrected chi connectivity index (χ1v) is 8.50. The van der Waals surface area contributed by atoms with Crippen molar-refractivity contribution in [2.75, 3.05) is 13.1 Å². The van der Waals surface area contributed by atoms with Gasteiger partial charge in [0.15, 0.2) is 6.10 Å². The molecule has 0 aromatic heterocycles. The van der Waals surface area contributed by atoms with E-state index in [0.29, 0.717) is 0 Å². The highest BCUT2D eigenvalue weighted by Gasteiger charge is 2.27. The summed E-state index contributed by atoms with van der Waals surface area (Å²) in [6, 6.07) is 6.43. The van der Waals surface area contributed by atoms with Crippen molar-refractivity contribution in [3.8, 4) is 5.75 Å². The Balaban J connectivity index is 2.12. The van der Waals surface area contributed by atoms with Gasteiger partial charge in [0.25, 0.3) is 5.91 Å². The third-order valence-electron chi connectivity index (χ3n) is 4.45. The lowest BCUT2D eigenvalue weighted by molar-refractivity contribution is -0.139. The number of likely N-dealkylation sites (tertiary alicyclic amines) is 1. The van der Waals surface area contributed by atoms with E-state index in [0.717, 1.165) is 42.8 Å². The van der Waals surface area contributed by atoms with E-state index in [9.17, 15) is 4.79 Å². The molecule has 1 aromatic carbocycles. The lowest BCUT2D eigenvalue weighted by Gasteiger charge is -2.32. The molecule has 128 valence electrons. The average Bonchev–Trinajstić information content (AvgIpc) is 2.46. The van der Waals surface area contributed by atoms with Crippen molar-refractivity contribution in [1.82, 2.24) is 4.90 Å². The highest BCUT2D eigenvalue weighted by Crippen LogP contribution is 2.32. The Labute approximate surface area is 140 Å². The second kappa shape index (κ2) is 6.91. The van der Waals surface area contributed by atoms with Gasteiger partial charge in [0.05, 0.1) is 0 Å². The van der Waals surface area contributed by atoms with Gasteiger partial charge in [-0.25, -0.2) is 0 Å². The zero-order chi connectivity index (χ0) is 17.2. The molecule has 1 saturated heterocycles. The van der Waals surface area contributed by atoms with Gasteiger partial charge in [0.1, 0.15) is 5.75 Å². The maximum absolute atomic E-state index is 12.6. The molecule has 4 nitrogen and oxygen atoms in total. The fourth-order valence-corrected chi connectivity index (χ4v) is 2.96. The lowest BCUT2D eigenvalue weighted by atomic mass is 9.86. The molecule has 0 saturated carbocycles. The van der Waals surface area contributed by atoms with Gasteiger partial charge in [-0.3, -0.25) is 4.79 Å². The molecule has 2 rings (SSSR count). The minimum Gasteiger partial charge on any atom is -0.481 e. The summed E-state index contributed by atoms with van der Waals surface area (Å²) in [4.78, 5) is 14.5. The topological polar surface area (TPSA) is 55.6 Å².